The maximum atomic E-state index is 13.1. The van der Waals surface area contributed by atoms with E-state index in [2.05, 4.69) is 30.6 Å². The maximum Gasteiger partial charge on any atom is 0.272 e. The lowest BCUT2D eigenvalue weighted by Gasteiger charge is -2.32. The SMILES string of the molecule is O=C(NCC1CCN(c2cc(-c3ccc(F)cc3)[nH]n2)CC1)c1n[nH]c2c1CCCC2. The lowest BCUT2D eigenvalue weighted by Crippen LogP contribution is -2.39. The minimum absolute atomic E-state index is 0.0573. The van der Waals surface area contributed by atoms with E-state index in [-0.39, 0.29) is 11.7 Å². The minimum Gasteiger partial charge on any atom is -0.355 e. The lowest BCUT2D eigenvalue weighted by molar-refractivity contribution is 0.0939. The Morgan fingerprint density at radius 2 is 1.87 bits per heavy atom. The zero-order valence-corrected chi connectivity index (χ0v) is 17.5. The second-order valence-corrected chi connectivity index (χ2v) is 8.52. The number of carbonyl (C=O) groups excluding carboxylic acids is 1. The Hall–Kier alpha value is -3.16. The molecule has 3 N–H and O–H groups in total. The number of halogens is 1. The predicted molar refractivity (Wildman–Crippen MR) is 116 cm³/mol. The number of hydrogen-bond donors (Lipinski definition) is 3. The number of amides is 1. The van der Waals surface area contributed by atoms with Crippen LogP contribution in [0.1, 0.15) is 47.4 Å². The molecule has 0 saturated carbocycles. The lowest BCUT2D eigenvalue weighted by atomic mass is 9.95. The molecular formula is C23H27FN6O. The van der Waals surface area contributed by atoms with E-state index in [1.807, 2.05) is 6.07 Å². The van der Waals surface area contributed by atoms with E-state index in [1.54, 1.807) is 12.1 Å². The van der Waals surface area contributed by atoms with Crippen molar-refractivity contribution in [3.63, 3.8) is 0 Å². The van der Waals surface area contributed by atoms with Crippen LogP contribution in [0.4, 0.5) is 10.2 Å². The monoisotopic (exact) mass is 422 g/mol. The number of rotatable bonds is 5. The van der Waals surface area contributed by atoms with Gasteiger partial charge in [-0.3, -0.25) is 15.0 Å². The Kier molecular flexibility index (Phi) is 5.44. The molecule has 1 amide bonds. The van der Waals surface area contributed by atoms with Crippen LogP contribution in [0.3, 0.4) is 0 Å². The predicted octanol–water partition coefficient (Wildman–Crippen LogP) is 3.46. The average molecular weight is 423 g/mol. The van der Waals surface area contributed by atoms with Gasteiger partial charge in [-0.1, -0.05) is 0 Å². The molecule has 0 spiro atoms. The molecule has 0 unspecified atom stereocenters. The molecule has 2 aliphatic rings. The van der Waals surface area contributed by atoms with E-state index >= 15 is 0 Å². The number of anilines is 1. The normalized spacial score (nSPS) is 16.9. The molecule has 1 aliphatic carbocycles. The van der Waals surface area contributed by atoms with Crippen LogP contribution in [0.15, 0.2) is 30.3 Å². The Morgan fingerprint density at radius 1 is 1.10 bits per heavy atom. The largest absolute Gasteiger partial charge is 0.355 e. The molecule has 1 aliphatic heterocycles. The van der Waals surface area contributed by atoms with Gasteiger partial charge in [0, 0.05) is 37.0 Å². The van der Waals surface area contributed by atoms with Gasteiger partial charge in [-0.15, -0.1) is 0 Å². The number of fused-ring (bicyclic) bond motifs is 1. The number of hydrogen-bond acceptors (Lipinski definition) is 4. The van der Waals surface area contributed by atoms with Crippen molar-refractivity contribution in [2.24, 2.45) is 5.92 Å². The highest BCUT2D eigenvalue weighted by molar-refractivity contribution is 5.94. The van der Waals surface area contributed by atoms with Crippen molar-refractivity contribution in [3.05, 3.63) is 53.1 Å². The van der Waals surface area contributed by atoms with Crippen molar-refractivity contribution in [1.82, 2.24) is 25.7 Å². The first-order chi connectivity index (χ1) is 15.2. The first-order valence-corrected chi connectivity index (χ1v) is 11.1. The van der Waals surface area contributed by atoms with Crippen molar-refractivity contribution in [2.45, 2.75) is 38.5 Å². The summed E-state index contributed by atoms with van der Waals surface area (Å²) in [5, 5.41) is 17.9. The van der Waals surface area contributed by atoms with Gasteiger partial charge in [0.05, 0.1) is 5.69 Å². The van der Waals surface area contributed by atoms with Crippen LogP contribution in [0.2, 0.25) is 0 Å². The smallest absolute Gasteiger partial charge is 0.272 e. The third-order valence-electron chi connectivity index (χ3n) is 6.48. The number of aromatic amines is 2. The van der Waals surface area contributed by atoms with Crippen molar-refractivity contribution < 1.29 is 9.18 Å². The number of aromatic nitrogens is 4. The van der Waals surface area contributed by atoms with Gasteiger partial charge in [-0.25, -0.2) is 4.39 Å². The molecule has 31 heavy (non-hydrogen) atoms. The van der Waals surface area contributed by atoms with Crippen LogP contribution in [0.5, 0.6) is 0 Å². The molecule has 0 bridgehead atoms. The molecule has 1 fully saturated rings. The molecule has 0 atom stereocenters. The highest BCUT2D eigenvalue weighted by atomic mass is 19.1. The Labute approximate surface area is 180 Å². The molecule has 162 valence electrons. The van der Waals surface area contributed by atoms with Crippen molar-refractivity contribution in [3.8, 4) is 11.3 Å². The molecule has 0 radical (unpaired) electrons. The third kappa shape index (κ3) is 4.19. The number of H-pyrrole nitrogens is 2. The summed E-state index contributed by atoms with van der Waals surface area (Å²) in [4.78, 5) is 14.9. The van der Waals surface area contributed by atoms with E-state index in [0.717, 1.165) is 79.9 Å². The van der Waals surface area contributed by atoms with Crippen molar-refractivity contribution >= 4 is 11.7 Å². The van der Waals surface area contributed by atoms with E-state index in [9.17, 15) is 9.18 Å². The highest BCUT2D eigenvalue weighted by Crippen LogP contribution is 2.26. The van der Waals surface area contributed by atoms with E-state index in [0.29, 0.717) is 18.2 Å². The maximum absolute atomic E-state index is 13.1. The van der Waals surface area contributed by atoms with Crippen LogP contribution in [0.25, 0.3) is 11.3 Å². The second kappa shape index (κ2) is 8.53. The van der Waals surface area contributed by atoms with Gasteiger partial charge in [-0.2, -0.15) is 10.2 Å². The number of nitrogens with one attached hydrogen (secondary N) is 3. The Morgan fingerprint density at radius 3 is 2.68 bits per heavy atom. The van der Waals surface area contributed by atoms with Gasteiger partial charge >= 0.3 is 0 Å². The molecule has 7 nitrogen and oxygen atoms in total. The molecule has 1 aromatic carbocycles. The quantitative estimate of drug-likeness (QED) is 0.587. The minimum atomic E-state index is -0.246. The third-order valence-corrected chi connectivity index (χ3v) is 6.48. The molecule has 8 heteroatoms. The van der Waals surface area contributed by atoms with Crippen LogP contribution in [-0.4, -0.2) is 45.9 Å². The summed E-state index contributed by atoms with van der Waals surface area (Å²) in [6.07, 6.45) is 6.22. The van der Waals surface area contributed by atoms with Gasteiger partial charge < -0.3 is 10.2 Å². The zero-order chi connectivity index (χ0) is 21.2. The second-order valence-electron chi connectivity index (χ2n) is 8.52. The molecule has 1 saturated heterocycles. The summed E-state index contributed by atoms with van der Waals surface area (Å²) < 4.78 is 13.1. The van der Waals surface area contributed by atoms with Crippen LogP contribution >= 0.6 is 0 Å². The first-order valence-electron chi connectivity index (χ1n) is 11.1. The summed E-state index contributed by atoms with van der Waals surface area (Å²) >= 11 is 0. The number of carbonyl (C=O) groups is 1. The number of aryl methyl sites for hydroxylation is 1. The van der Waals surface area contributed by atoms with Gasteiger partial charge in [0.25, 0.3) is 5.91 Å². The standard InChI is InChI=1S/C23H27FN6O/c24-17-7-5-16(6-8-17)20-13-21(28-27-20)30-11-9-15(10-12-30)14-25-23(31)22-18-3-1-2-4-19(18)26-29-22/h5-8,13,15H,1-4,9-12,14H2,(H,25,31)(H,26,29)(H,27,28). The van der Waals surface area contributed by atoms with Crippen LogP contribution in [0, 0.1) is 11.7 Å². The molecule has 3 aromatic rings. The Bertz CT molecular complexity index is 1050. The van der Waals surface area contributed by atoms with Crippen LogP contribution in [-0.2, 0) is 12.8 Å². The zero-order valence-electron chi connectivity index (χ0n) is 17.5. The molecule has 5 rings (SSSR count). The van der Waals surface area contributed by atoms with E-state index in [4.69, 9.17) is 0 Å². The fraction of sp³-hybridized carbons (Fsp3) is 0.435. The Balaban J connectivity index is 1.13. The van der Waals surface area contributed by atoms with Gasteiger partial charge in [0.1, 0.15) is 5.82 Å². The summed E-state index contributed by atoms with van der Waals surface area (Å²) in [6.45, 7) is 2.47. The fourth-order valence-electron chi connectivity index (χ4n) is 4.61. The molecule has 3 heterocycles. The van der Waals surface area contributed by atoms with Crippen LogP contribution < -0.4 is 10.2 Å². The fourth-order valence-corrected chi connectivity index (χ4v) is 4.61. The first kappa shape index (κ1) is 19.8. The summed E-state index contributed by atoms with van der Waals surface area (Å²) in [6, 6.07) is 8.41. The van der Waals surface area contributed by atoms with Gasteiger partial charge in [0.2, 0.25) is 0 Å². The molecular weight excluding hydrogens is 395 g/mol. The van der Waals surface area contributed by atoms with Crippen molar-refractivity contribution in [1.29, 1.82) is 0 Å². The van der Waals surface area contributed by atoms with Crippen molar-refractivity contribution in [2.75, 3.05) is 24.5 Å². The number of piperidine rings is 1. The van der Waals surface area contributed by atoms with Gasteiger partial charge in [0.15, 0.2) is 11.5 Å². The van der Waals surface area contributed by atoms with E-state index in [1.165, 1.54) is 12.1 Å². The summed E-state index contributed by atoms with van der Waals surface area (Å²) in [5.74, 6) is 1.05. The highest BCUT2D eigenvalue weighted by Gasteiger charge is 2.24. The van der Waals surface area contributed by atoms with E-state index < -0.39 is 0 Å². The average Bonchev–Trinajstić information content (AvgIpc) is 3.46. The van der Waals surface area contributed by atoms with Gasteiger partial charge in [-0.05, 0) is 74.3 Å². The number of nitrogens with zero attached hydrogens (tertiary/aromatic N) is 3. The molecule has 2 aromatic heterocycles. The topological polar surface area (TPSA) is 89.7 Å². The number of benzene rings is 1. The summed E-state index contributed by atoms with van der Waals surface area (Å²) in [5.41, 5.74) is 4.61. The summed E-state index contributed by atoms with van der Waals surface area (Å²) in [7, 11) is 0.